The van der Waals surface area contributed by atoms with Gasteiger partial charge in [0.1, 0.15) is 0 Å². The molecule has 1 N–H and O–H groups in total. The first-order valence-electron chi connectivity index (χ1n) is 3.49. The van der Waals surface area contributed by atoms with Gasteiger partial charge in [0.2, 0.25) is 0 Å². The molecule has 1 unspecified atom stereocenters. The van der Waals surface area contributed by atoms with Gasteiger partial charge in [-0.2, -0.15) is 0 Å². The fourth-order valence-electron chi connectivity index (χ4n) is 0.884. The van der Waals surface area contributed by atoms with E-state index >= 15 is 0 Å². The van der Waals surface area contributed by atoms with Crippen molar-refractivity contribution in [3.63, 3.8) is 0 Å². The number of hydrogen-bond donors (Lipinski definition) is 1. The molecular weight excluding hydrogens is 199 g/mol. The molecule has 0 aliphatic rings. The third kappa shape index (κ3) is 2.67. The second-order valence-corrected chi connectivity index (χ2v) is 2.47. The maximum absolute atomic E-state index is 10.5. The molecule has 0 heterocycles. The molecule has 0 aliphatic carbocycles. The SMILES string of the molecule is CC(C(=O)O)c1ccccc1.[Ni]. The molecule has 1 aromatic carbocycles. The zero-order chi connectivity index (χ0) is 8.27. The van der Waals surface area contributed by atoms with E-state index in [0.717, 1.165) is 5.56 Å². The number of rotatable bonds is 2. The van der Waals surface area contributed by atoms with Gasteiger partial charge >= 0.3 is 5.97 Å². The van der Waals surface area contributed by atoms with E-state index in [9.17, 15) is 4.79 Å². The zero-order valence-electron chi connectivity index (χ0n) is 6.64. The van der Waals surface area contributed by atoms with Gasteiger partial charge in [0, 0.05) is 16.5 Å². The molecule has 12 heavy (non-hydrogen) atoms. The summed E-state index contributed by atoms with van der Waals surface area (Å²) in [6.07, 6.45) is 0. The van der Waals surface area contributed by atoms with E-state index in [2.05, 4.69) is 0 Å². The van der Waals surface area contributed by atoms with E-state index in [0.29, 0.717) is 0 Å². The smallest absolute Gasteiger partial charge is 0.310 e. The number of aliphatic carboxylic acids is 1. The van der Waals surface area contributed by atoms with Crippen molar-refractivity contribution >= 4 is 5.97 Å². The molecule has 0 fully saturated rings. The summed E-state index contributed by atoms with van der Waals surface area (Å²) in [5.41, 5.74) is 0.847. The molecule has 1 aromatic rings. The summed E-state index contributed by atoms with van der Waals surface area (Å²) in [7, 11) is 0. The van der Waals surface area contributed by atoms with Crippen molar-refractivity contribution in [1.82, 2.24) is 0 Å². The molecule has 0 saturated carbocycles. The summed E-state index contributed by atoms with van der Waals surface area (Å²) in [6.45, 7) is 1.68. The van der Waals surface area contributed by atoms with Crippen molar-refractivity contribution in [2.24, 2.45) is 0 Å². The summed E-state index contributed by atoms with van der Waals surface area (Å²) < 4.78 is 0. The quantitative estimate of drug-likeness (QED) is 0.754. The van der Waals surface area contributed by atoms with Gasteiger partial charge in [0.15, 0.2) is 0 Å². The Hall–Kier alpha value is -0.816. The first-order valence-corrected chi connectivity index (χ1v) is 3.49. The summed E-state index contributed by atoms with van der Waals surface area (Å²) in [6, 6.07) is 9.19. The van der Waals surface area contributed by atoms with Gasteiger partial charge in [-0.1, -0.05) is 30.3 Å². The molecule has 1 atom stereocenters. The van der Waals surface area contributed by atoms with E-state index < -0.39 is 11.9 Å². The summed E-state index contributed by atoms with van der Waals surface area (Å²) in [4.78, 5) is 10.5. The van der Waals surface area contributed by atoms with Crippen molar-refractivity contribution in [3.8, 4) is 0 Å². The molecule has 0 bridgehead atoms. The minimum absolute atomic E-state index is 0. The van der Waals surface area contributed by atoms with Gasteiger partial charge in [0.05, 0.1) is 5.92 Å². The Morgan fingerprint density at radius 2 is 1.83 bits per heavy atom. The Balaban J connectivity index is 0.00000121. The predicted octanol–water partition coefficient (Wildman–Crippen LogP) is 1.87. The minimum Gasteiger partial charge on any atom is -0.481 e. The van der Waals surface area contributed by atoms with Crippen LogP contribution in [0.15, 0.2) is 30.3 Å². The Kier molecular flexibility index (Phi) is 4.61. The Bertz CT molecular complexity index is 246. The Morgan fingerprint density at radius 3 is 2.25 bits per heavy atom. The third-order valence-electron chi connectivity index (χ3n) is 1.67. The maximum Gasteiger partial charge on any atom is 0.310 e. The van der Waals surface area contributed by atoms with Crippen LogP contribution in [0.2, 0.25) is 0 Å². The van der Waals surface area contributed by atoms with Crippen LogP contribution in [0.4, 0.5) is 0 Å². The van der Waals surface area contributed by atoms with Crippen molar-refractivity contribution in [2.45, 2.75) is 12.8 Å². The fraction of sp³-hybridized carbons (Fsp3) is 0.222. The molecule has 0 amide bonds. The molecule has 2 nitrogen and oxygen atoms in total. The topological polar surface area (TPSA) is 37.3 Å². The van der Waals surface area contributed by atoms with Crippen molar-refractivity contribution in [3.05, 3.63) is 35.9 Å². The number of benzene rings is 1. The summed E-state index contributed by atoms with van der Waals surface area (Å²) in [5.74, 6) is -1.19. The van der Waals surface area contributed by atoms with Crippen LogP contribution in [0.25, 0.3) is 0 Å². The second-order valence-electron chi connectivity index (χ2n) is 2.47. The number of carbonyl (C=O) groups is 1. The van der Waals surface area contributed by atoms with E-state index in [1.807, 2.05) is 30.3 Å². The monoisotopic (exact) mass is 208 g/mol. The van der Waals surface area contributed by atoms with E-state index in [4.69, 9.17) is 5.11 Å². The molecule has 0 aliphatic heterocycles. The zero-order valence-corrected chi connectivity index (χ0v) is 7.62. The van der Waals surface area contributed by atoms with E-state index in [1.54, 1.807) is 6.92 Å². The molecule has 0 radical (unpaired) electrons. The molecule has 68 valence electrons. The van der Waals surface area contributed by atoms with Crippen LogP contribution in [0, 0.1) is 0 Å². The second kappa shape index (κ2) is 4.94. The number of hydrogen-bond acceptors (Lipinski definition) is 1. The largest absolute Gasteiger partial charge is 0.481 e. The van der Waals surface area contributed by atoms with Crippen LogP contribution >= 0.6 is 0 Å². The average molecular weight is 209 g/mol. The average Bonchev–Trinajstić information content (AvgIpc) is 2.05. The van der Waals surface area contributed by atoms with Gasteiger partial charge < -0.3 is 5.11 Å². The van der Waals surface area contributed by atoms with E-state index in [-0.39, 0.29) is 16.5 Å². The standard InChI is InChI=1S/C9H10O2.Ni/c1-7(9(10)11)8-5-3-2-4-6-8;/h2-7H,1H3,(H,10,11);. The van der Waals surface area contributed by atoms with Gasteiger partial charge in [0.25, 0.3) is 0 Å². The molecular formula is C9H10NiO2. The number of carboxylic acids is 1. The van der Waals surface area contributed by atoms with Crippen LogP contribution in [0.3, 0.4) is 0 Å². The van der Waals surface area contributed by atoms with Crippen LogP contribution < -0.4 is 0 Å². The molecule has 3 heteroatoms. The van der Waals surface area contributed by atoms with E-state index in [1.165, 1.54) is 0 Å². The summed E-state index contributed by atoms with van der Waals surface area (Å²) in [5, 5.41) is 8.64. The molecule has 0 aromatic heterocycles. The fourth-order valence-corrected chi connectivity index (χ4v) is 0.884. The van der Waals surface area contributed by atoms with Gasteiger partial charge in [-0.15, -0.1) is 0 Å². The summed E-state index contributed by atoms with van der Waals surface area (Å²) >= 11 is 0. The van der Waals surface area contributed by atoms with Gasteiger partial charge in [-0.25, -0.2) is 0 Å². The normalized spacial score (nSPS) is 11.4. The Morgan fingerprint density at radius 1 is 1.33 bits per heavy atom. The number of carboxylic acid groups (broad SMARTS) is 1. The molecule has 0 saturated heterocycles. The Labute approximate surface area is 81.5 Å². The molecule has 1 rings (SSSR count). The van der Waals surface area contributed by atoms with Crippen LogP contribution in [0.5, 0.6) is 0 Å². The maximum atomic E-state index is 10.5. The third-order valence-corrected chi connectivity index (χ3v) is 1.67. The van der Waals surface area contributed by atoms with Crippen molar-refractivity contribution in [1.29, 1.82) is 0 Å². The molecule has 0 spiro atoms. The predicted molar refractivity (Wildman–Crippen MR) is 42.5 cm³/mol. The van der Waals surface area contributed by atoms with Gasteiger partial charge in [-0.05, 0) is 12.5 Å². The van der Waals surface area contributed by atoms with Crippen LogP contribution in [-0.2, 0) is 21.3 Å². The van der Waals surface area contributed by atoms with Crippen LogP contribution in [-0.4, -0.2) is 11.1 Å². The van der Waals surface area contributed by atoms with Crippen LogP contribution in [0.1, 0.15) is 18.4 Å². The van der Waals surface area contributed by atoms with Crippen molar-refractivity contribution in [2.75, 3.05) is 0 Å². The minimum atomic E-state index is -0.781. The van der Waals surface area contributed by atoms with Crippen molar-refractivity contribution < 1.29 is 26.4 Å². The van der Waals surface area contributed by atoms with Gasteiger partial charge in [-0.3, -0.25) is 4.79 Å². The first-order chi connectivity index (χ1) is 5.22. The first kappa shape index (κ1) is 11.2.